The van der Waals surface area contributed by atoms with Gasteiger partial charge in [0, 0.05) is 62.9 Å². The maximum atomic E-state index is 12.2. The first-order valence-corrected chi connectivity index (χ1v) is 10.5. The summed E-state index contributed by atoms with van der Waals surface area (Å²) < 4.78 is 5.33. The Hall–Kier alpha value is -1.79. The van der Waals surface area contributed by atoms with Gasteiger partial charge in [0.15, 0.2) is 0 Å². The lowest BCUT2D eigenvalue weighted by Gasteiger charge is -2.39. The first-order valence-electron chi connectivity index (χ1n) is 10.5. The van der Waals surface area contributed by atoms with E-state index in [-0.39, 0.29) is 12.1 Å². The van der Waals surface area contributed by atoms with Crippen molar-refractivity contribution in [3.63, 3.8) is 0 Å². The summed E-state index contributed by atoms with van der Waals surface area (Å²) in [6, 6.07) is 9.16. The molecule has 2 N–H and O–H groups in total. The zero-order chi connectivity index (χ0) is 18.5. The smallest absolute Gasteiger partial charge is 0.319 e. The number of benzene rings is 1. The fourth-order valence-corrected chi connectivity index (χ4v) is 4.56. The minimum Gasteiger partial charge on any atom is -0.381 e. The zero-order valence-corrected chi connectivity index (χ0v) is 16.2. The van der Waals surface area contributed by atoms with Crippen molar-refractivity contribution in [1.82, 2.24) is 10.2 Å². The van der Waals surface area contributed by atoms with Crippen LogP contribution in [0.2, 0.25) is 0 Å². The highest BCUT2D eigenvalue weighted by Crippen LogP contribution is 2.26. The van der Waals surface area contributed by atoms with Crippen LogP contribution >= 0.6 is 0 Å². The second-order valence-electron chi connectivity index (χ2n) is 7.99. The summed E-state index contributed by atoms with van der Waals surface area (Å²) in [5.41, 5.74) is 2.09. The number of carbonyl (C=O) groups excluding carboxylic acids is 1. The molecule has 4 rings (SSSR count). The number of nitrogens with one attached hydrogen (secondary N) is 2. The molecule has 2 aliphatic heterocycles. The Balaban J connectivity index is 1.24. The van der Waals surface area contributed by atoms with Gasteiger partial charge in [-0.2, -0.15) is 0 Å². The van der Waals surface area contributed by atoms with Crippen molar-refractivity contribution < 1.29 is 9.53 Å². The molecule has 6 nitrogen and oxygen atoms in total. The van der Waals surface area contributed by atoms with Gasteiger partial charge >= 0.3 is 6.03 Å². The number of hydrogen-bond donors (Lipinski definition) is 2. The minimum absolute atomic E-state index is 0.125. The van der Waals surface area contributed by atoms with Crippen LogP contribution in [0.3, 0.4) is 0 Å². The molecule has 3 aliphatic rings. The molecule has 148 valence electrons. The molecule has 1 saturated carbocycles. The third kappa shape index (κ3) is 4.93. The predicted molar refractivity (Wildman–Crippen MR) is 108 cm³/mol. The Morgan fingerprint density at radius 2 is 1.59 bits per heavy atom. The number of anilines is 2. The van der Waals surface area contributed by atoms with Crippen LogP contribution in [0, 0.1) is 0 Å². The normalized spacial score (nSPS) is 22.7. The van der Waals surface area contributed by atoms with Crippen LogP contribution in [0.4, 0.5) is 16.2 Å². The Kier molecular flexibility index (Phi) is 6.14. The summed E-state index contributed by atoms with van der Waals surface area (Å²) in [5, 5.41) is 5.98. The molecule has 2 saturated heterocycles. The fourth-order valence-electron chi connectivity index (χ4n) is 4.56. The third-order valence-corrected chi connectivity index (χ3v) is 6.20. The average molecular weight is 373 g/mol. The van der Waals surface area contributed by atoms with E-state index in [2.05, 4.69) is 32.6 Å². The van der Waals surface area contributed by atoms with Crippen molar-refractivity contribution in [2.24, 2.45) is 0 Å². The Bertz CT molecular complexity index is 601. The minimum atomic E-state index is -0.125. The summed E-state index contributed by atoms with van der Waals surface area (Å²) in [6.45, 7) is 5.97. The molecule has 6 heteroatoms. The maximum absolute atomic E-state index is 12.2. The molecule has 2 heterocycles. The number of amides is 2. The second kappa shape index (κ2) is 8.93. The highest BCUT2D eigenvalue weighted by atomic mass is 16.5. The van der Waals surface area contributed by atoms with Crippen LogP contribution in [0.15, 0.2) is 24.3 Å². The van der Waals surface area contributed by atoms with E-state index in [1.165, 1.54) is 31.4 Å². The van der Waals surface area contributed by atoms with Gasteiger partial charge in [-0.15, -0.1) is 0 Å². The molecule has 0 unspecified atom stereocenters. The highest BCUT2D eigenvalue weighted by molar-refractivity contribution is 5.89. The van der Waals surface area contributed by atoms with Gasteiger partial charge < -0.3 is 20.3 Å². The van der Waals surface area contributed by atoms with Crippen LogP contribution < -0.4 is 15.5 Å². The van der Waals surface area contributed by atoms with E-state index in [0.29, 0.717) is 0 Å². The SMILES string of the molecule is O=C(Nc1ccc(N2CCN(C3CCCC3)CC2)cc1)NC1CCOCC1. The Labute approximate surface area is 162 Å². The van der Waals surface area contributed by atoms with Crippen molar-refractivity contribution >= 4 is 17.4 Å². The van der Waals surface area contributed by atoms with Crippen LogP contribution in [-0.4, -0.2) is 62.4 Å². The van der Waals surface area contributed by atoms with Gasteiger partial charge in [0.05, 0.1) is 0 Å². The fraction of sp³-hybridized carbons (Fsp3) is 0.667. The van der Waals surface area contributed by atoms with Crippen molar-refractivity contribution in [2.75, 3.05) is 49.6 Å². The molecule has 0 aromatic heterocycles. The Morgan fingerprint density at radius 3 is 2.26 bits per heavy atom. The lowest BCUT2D eigenvalue weighted by molar-refractivity contribution is 0.0806. The molecule has 0 spiro atoms. The number of hydrogen-bond acceptors (Lipinski definition) is 4. The molecule has 27 heavy (non-hydrogen) atoms. The van der Waals surface area contributed by atoms with Gasteiger partial charge in [0.1, 0.15) is 0 Å². The lowest BCUT2D eigenvalue weighted by atomic mass is 10.1. The first-order chi connectivity index (χ1) is 13.3. The van der Waals surface area contributed by atoms with Gasteiger partial charge in [0.25, 0.3) is 0 Å². The summed E-state index contributed by atoms with van der Waals surface area (Å²) in [6.07, 6.45) is 7.36. The molecular formula is C21H32N4O2. The van der Waals surface area contributed by atoms with Crippen LogP contribution in [0.5, 0.6) is 0 Å². The predicted octanol–water partition coefficient (Wildman–Crippen LogP) is 3.05. The van der Waals surface area contributed by atoms with Crippen molar-refractivity contribution in [3.05, 3.63) is 24.3 Å². The van der Waals surface area contributed by atoms with Gasteiger partial charge in [-0.05, 0) is 49.9 Å². The number of piperazine rings is 1. The van der Waals surface area contributed by atoms with Gasteiger partial charge in [-0.1, -0.05) is 12.8 Å². The number of rotatable bonds is 4. The maximum Gasteiger partial charge on any atom is 0.319 e. The van der Waals surface area contributed by atoms with Crippen molar-refractivity contribution in [1.29, 1.82) is 0 Å². The summed E-state index contributed by atoms with van der Waals surface area (Å²) in [4.78, 5) is 17.3. The summed E-state index contributed by atoms with van der Waals surface area (Å²) in [5.74, 6) is 0. The van der Waals surface area contributed by atoms with Gasteiger partial charge in [-0.25, -0.2) is 4.79 Å². The van der Waals surface area contributed by atoms with E-state index in [0.717, 1.165) is 64.0 Å². The van der Waals surface area contributed by atoms with E-state index in [4.69, 9.17) is 4.74 Å². The Morgan fingerprint density at radius 1 is 0.926 bits per heavy atom. The number of nitrogens with zero attached hydrogens (tertiary/aromatic N) is 2. The number of urea groups is 1. The molecule has 0 bridgehead atoms. The number of carbonyl (C=O) groups is 1. The van der Waals surface area contributed by atoms with Crippen LogP contribution in [0.1, 0.15) is 38.5 Å². The largest absolute Gasteiger partial charge is 0.381 e. The van der Waals surface area contributed by atoms with Crippen LogP contribution in [-0.2, 0) is 4.74 Å². The van der Waals surface area contributed by atoms with Crippen LogP contribution in [0.25, 0.3) is 0 Å². The summed E-state index contributed by atoms with van der Waals surface area (Å²) in [7, 11) is 0. The van der Waals surface area contributed by atoms with E-state index >= 15 is 0 Å². The van der Waals surface area contributed by atoms with Crippen molar-refractivity contribution in [2.45, 2.75) is 50.6 Å². The van der Waals surface area contributed by atoms with E-state index < -0.39 is 0 Å². The lowest BCUT2D eigenvalue weighted by Crippen LogP contribution is -2.49. The van der Waals surface area contributed by atoms with Gasteiger partial charge in [-0.3, -0.25) is 4.90 Å². The molecule has 0 radical (unpaired) electrons. The third-order valence-electron chi connectivity index (χ3n) is 6.20. The average Bonchev–Trinajstić information content (AvgIpc) is 3.24. The molecule has 3 fully saturated rings. The summed E-state index contributed by atoms with van der Waals surface area (Å²) >= 11 is 0. The molecular weight excluding hydrogens is 340 g/mol. The molecule has 1 aromatic rings. The molecule has 0 atom stereocenters. The standard InChI is InChI=1S/C21H32N4O2/c26-21(23-18-9-15-27-16-10-18)22-17-5-7-20(8-6-17)25-13-11-24(12-14-25)19-3-1-2-4-19/h5-8,18-19H,1-4,9-16H2,(H2,22,23,26). The van der Waals surface area contributed by atoms with E-state index in [1.807, 2.05) is 12.1 Å². The van der Waals surface area contributed by atoms with Crippen molar-refractivity contribution in [3.8, 4) is 0 Å². The highest BCUT2D eigenvalue weighted by Gasteiger charge is 2.26. The quantitative estimate of drug-likeness (QED) is 0.853. The van der Waals surface area contributed by atoms with E-state index in [1.54, 1.807) is 0 Å². The second-order valence-corrected chi connectivity index (χ2v) is 7.99. The molecule has 1 aliphatic carbocycles. The molecule has 1 aromatic carbocycles. The topological polar surface area (TPSA) is 56.8 Å². The monoisotopic (exact) mass is 372 g/mol. The van der Waals surface area contributed by atoms with E-state index in [9.17, 15) is 4.79 Å². The zero-order valence-electron chi connectivity index (χ0n) is 16.2. The van der Waals surface area contributed by atoms with Gasteiger partial charge in [0.2, 0.25) is 0 Å². The first kappa shape index (κ1) is 18.6. The molecule has 2 amide bonds. The number of ether oxygens (including phenoxy) is 1.